The third-order valence-corrected chi connectivity index (χ3v) is 2.60. The maximum Gasteiger partial charge on any atom is 0.216 e. The molecule has 88 valence electrons. The number of rotatable bonds is 4. The lowest BCUT2D eigenvalue weighted by Crippen LogP contribution is -2.14. The summed E-state index contributed by atoms with van der Waals surface area (Å²) in [6, 6.07) is 9.34. The molecule has 1 heterocycles. The molecule has 0 bridgehead atoms. The summed E-state index contributed by atoms with van der Waals surface area (Å²) >= 11 is 0. The summed E-state index contributed by atoms with van der Waals surface area (Å²) in [5.74, 6) is -0.722. The average Bonchev–Trinajstić information content (AvgIpc) is 2.80. The van der Waals surface area contributed by atoms with Crippen LogP contribution in [-0.2, 0) is 0 Å². The van der Waals surface area contributed by atoms with Crippen LogP contribution in [0, 0.1) is 15.9 Å². The Morgan fingerprint density at radius 1 is 1.29 bits per heavy atom. The number of hydrogen-bond donors (Lipinski definition) is 1. The zero-order valence-electron chi connectivity index (χ0n) is 8.97. The molecule has 0 amide bonds. The Balaban J connectivity index is 2.33. The minimum absolute atomic E-state index is 0.216. The molecule has 0 fully saturated rings. The van der Waals surface area contributed by atoms with E-state index in [2.05, 4.69) is 4.98 Å². The zero-order chi connectivity index (χ0) is 12.3. The normalized spacial score (nSPS) is 12.3. The van der Waals surface area contributed by atoms with Crippen LogP contribution < -0.4 is 0 Å². The van der Waals surface area contributed by atoms with E-state index in [1.54, 1.807) is 30.5 Å². The van der Waals surface area contributed by atoms with E-state index >= 15 is 0 Å². The molecule has 1 aromatic carbocycles. The molecule has 4 nitrogen and oxygen atoms in total. The highest BCUT2D eigenvalue weighted by Gasteiger charge is 2.20. The van der Waals surface area contributed by atoms with Gasteiger partial charge in [0.1, 0.15) is 5.82 Å². The summed E-state index contributed by atoms with van der Waals surface area (Å²) < 4.78 is 12.8. The predicted molar refractivity (Wildman–Crippen MR) is 60.9 cm³/mol. The number of aromatic amines is 1. The molecular weight excluding hydrogens is 223 g/mol. The first-order chi connectivity index (χ1) is 8.16. The van der Waals surface area contributed by atoms with Gasteiger partial charge in [-0.1, -0.05) is 12.1 Å². The van der Waals surface area contributed by atoms with Crippen molar-refractivity contribution in [2.24, 2.45) is 0 Å². The smallest absolute Gasteiger partial charge is 0.216 e. The molecule has 2 rings (SSSR count). The van der Waals surface area contributed by atoms with E-state index < -0.39 is 0 Å². The van der Waals surface area contributed by atoms with Gasteiger partial charge < -0.3 is 4.98 Å². The summed E-state index contributed by atoms with van der Waals surface area (Å²) in [5, 5.41) is 10.7. The molecule has 0 aliphatic carbocycles. The van der Waals surface area contributed by atoms with Gasteiger partial charge in [-0.05, 0) is 29.8 Å². The fraction of sp³-hybridized carbons (Fsp3) is 0.167. The van der Waals surface area contributed by atoms with Crippen LogP contribution in [-0.4, -0.2) is 16.5 Å². The quantitative estimate of drug-likeness (QED) is 0.652. The second kappa shape index (κ2) is 4.78. The molecule has 2 aromatic rings. The van der Waals surface area contributed by atoms with Gasteiger partial charge in [0.15, 0.2) is 0 Å². The molecule has 1 aromatic heterocycles. The SMILES string of the molecule is O=[N+]([O-])CC(c1ccc(F)cc1)c1ccc[nH]1. The highest BCUT2D eigenvalue weighted by Crippen LogP contribution is 2.23. The Morgan fingerprint density at radius 3 is 2.53 bits per heavy atom. The molecular formula is C12H11FN2O2. The number of benzene rings is 1. The Kier molecular flexibility index (Phi) is 3.18. The lowest BCUT2D eigenvalue weighted by atomic mass is 9.96. The van der Waals surface area contributed by atoms with Crippen molar-refractivity contribution in [2.45, 2.75) is 5.92 Å². The minimum Gasteiger partial charge on any atom is -0.364 e. The number of halogens is 1. The second-order valence-corrected chi connectivity index (χ2v) is 3.74. The molecule has 1 unspecified atom stereocenters. The van der Waals surface area contributed by atoms with Crippen LogP contribution >= 0.6 is 0 Å². The number of nitrogens with zero attached hydrogens (tertiary/aromatic N) is 1. The van der Waals surface area contributed by atoms with Crippen molar-refractivity contribution in [1.82, 2.24) is 4.98 Å². The zero-order valence-corrected chi connectivity index (χ0v) is 8.97. The molecule has 5 heteroatoms. The fourth-order valence-corrected chi connectivity index (χ4v) is 1.79. The lowest BCUT2D eigenvalue weighted by Gasteiger charge is -2.11. The number of hydrogen-bond acceptors (Lipinski definition) is 2. The number of nitrogens with one attached hydrogen (secondary N) is 1. The topological polar surface area (TPSA) is 58.9 Å². The first-order valence-corrected chi connectivity index (χ1v) is 5.17. The van der Waals surface area contributed by atoms with Crippen LogP contribution in [0.25, 0.3) is 0 Å². The molecule has 1 N–H and O–H groups in total. The van der Waals surface area contributed by atoms with Crippen molar-refractivity contribution in [3.63, 3.8) is 0 Å². The van der Waals surface area contributed by atoms with Gasteiger partial charge in [0.2, 0.25) is 6.54 Å². The van der Waals surface area contributed by atoms with Crippen LogP contribution in [0.15, 0.2) is 42.6 Å². The molecule has 17 heavy (non-hydrogen) atoms. The van der Waals surface area contributed by atoms with Crippen molar-refractivity contribution in [2.75, 3.05) is 6.54 Å². The molecule has 0 radical (unpaired) electrons. The highest BCUT2D eigenvalue weighted by molar-refractivity contribution is 5.29. The van der Waals surface area contributed by atoms with Gasteiger partial charge in [0, 0.05) is 16.8 Å². The minimum atomic E-state index is -0.374. The van der Waals surface area contributed by atoms with Crippen LogP contribution in [0.5, 0.6) is 0 Å². The fourth-order valence-electron chi connectivity index (χ4n) is 1.79. The van der Waals surface area contributed by atoms with Gasteiger partial charge in [-0.15, -0.1) is 0 Å². The number of nitro groups is 1. The van der Waals surface area contributed by atoms with Crippen LogP contribution in [0.4, 0.5) is 4.39 Å². The Hall–Kier alpha value is -2.17. The summed E-state index contributed by atoms with van der Waals surface area (Å²) in [6.45, 7) is -0.216. The van der Waals surface area contributed by atoms with E-state index in [1.165, 1.54) is 12.1 Å². The van der Waals surface area contributed by atoms with Gasteiger partial charge >= 0.3 is 0 Å². The predicted octanol–water partition coefficient (Wildman–Crippen LogP) is 2.56. The van der Waals surface area contributed by atoms with Crippen molar-refractivity contribution in [1.29, 1.82) is 0 Å². The second-order valence-electron chi connectivity index (χ2n) is 3.74. The van der Waals surface area contributed by atoms with E-state index in [0.717, 1.165) is 11.3 Å². The Bertz CT molecular complexity index is 494. The maximum absolute atomic E-state index is 12.8. The van der Waals surface area contributed by atoms with Crippen molar-refractivity contribution < 1.29 is 9.31 Å². The van der Waals surface area contributed by atoms with Crippen LogP contribution in [0.1, 0.15) is 17.2 Å². The Labute approximate surface area is 97.2 Å². The Morgan fingerprint density at radius 2 is 2.00 bits per heavy atom. The van der Waals surface area contributed by atoms with Gasteiger partial charge in [-0.25, -0.2) is 4.39 Å². The van der Waals surface area contributed by atoms with E-state index in [9.17, 15) is 14.5 Å². The molecule has 1 atom stereocenters. The molecule has 0 saturated heterocycles. The summed E-state index contributed by atoms with van der Waals surface area (Å²) in [7, 11) is 0. The third kappa shape index (κ3) is 2.69. The van der Waals surface area contributed by atoms with E-state index in [1.807, 2.05) is 0 Å². The van der Waals surface area contributed by atoms with E-state index in [0.29, 0.717) is 0 Å². The van der Waals surface area contributed by atoms with Crippen LogP contribution in [0.2, 0.25) is 0 Å². The molecule has 0 aliphatic heterocycles. The highest BCUT2D eigenvalue weighted by atomic mass is 19.1. The molecule has 0 spiro atoms. The summed E-state index contributed by atoms with van der Waals surface area (Å²) in [5.41, 5.74) is 1.49. The number of aromatic nitrogens is 1. The molecule has 0 aliphatic rings. The van der Waals surface area contributed by atoms with Crippen LogP contribution in [0.3, 0.4) is 0 Å². The van der Waals surface area contributed by atoms with Gasteiger partial charge in [-0.2, -0.15) is 0 Å². The summed E-state index contributed by atoms with van der Waals surface area (Å²) in [6.07, 6.45) is 1.71. The van der Waals surface area contributed by atoms with Gasteiger partial charge in [0.25, 0.3) is 0 Å². The average molecular weight is 234 g/mol. The van der Waals surface area contributed by atoms with Crippen molar-refractivity contribution in [3.8, 4) is 0 Å². The van der Waals surface area contributed by atoms with Gasteiger partial charge in [0.05, 0.1) is 5.92 Å². The first kappa shape index (κ1) is 11.3. The standard InChI is InChI=1S/C12H11FN2O2/c13-10-5-3-9(4-6-10)11(8-15(16)17)12-2-1-7-14-12/h1-7,11,14H,8H2. The van der Waals surface area contributed by atoms with Crippen molar-refractivity contribution >= 4 is 0 Å². The first-order valence-electron chi connectivity index (χ1n) is 5.17. The van der Waals surface area contributed by atoms with Crippen molar-refractivity contribution in [3.05, 3.63) is 69.8 Å². The van der Waals surface area contributed by atoms with E-state index in [4.69, 9.17) is 0 Å². The largest absolute Gasteiger partial charge is 0.364 e. The molecule has 0 saturated carbocycles. The number of H-pyrrole nitrogens is 1. The third-order valence-electron chi connectivity index (χ3n) is 2.60. The lowest BCUT2D eigenvalue weighted by molar-refractivity contribution is -0.481. The van der Waals surface area contributed by atoms with Gasteiger partial charge in [-0.3, -0.25) is 10.1 Å². The monoisotopic (exact) mass is 234 g/mol. The van der Waals surface area contributed by atoms with E-state index in [-0.39, 0.29) is 23.2 Å². The maximum atomic E-state index is 12.8. The summed E-state index contributed by atoms with van der Waals surface area (Å²) in [4.78, 5) is 13.3.